The first-order chi connectivity index (χ1) is 11.6. The van der Waals surface area contributed by atoms with Crippen LogP contribution in [0.5, 0.6) is 0 Å². The van der Waals surface area contributed by atoms with Gasteiger partial charge in [0.2, 0.25) is 0 Å². The summed E-state index contributed by atoms with van der Waals surface area (Å²) in [6, 6.07) is 4.21. The number of rotatable bonds is 6. The molecule has 1 amide bonds. The molecule has 1 atom stereocenters. The van der Waals surface area contributed by atoms with E-state index in [1.54, 1.807) is 6.07 Å². The average molecular weight is 367 g/mol. The topological polar surface area (TPSA) is 76.8 Å². The Balaban J connectivity index is 0.00000225. The van der Waals surface area contributed by atoms with Crippen molar-refractivity contribution in [2.45, 2.75) is 45.7 Å². The van der Waals surface area contributed by atoms with Gasteiger partial charge in [0, 0.05) is 31.5 Å². The summed E-state index contributed by atoms with van der Waals surface area (Å²) in [6.45, 7) is 7.46. The van der Waals surface area contributed by atoms with Crippen LogP contribution in [0.1, 0.15) is 47.2 Å². The molecular weight excluding hydrogens is 340 g/mol. The molecular formula is C17H27ClN6O. The van der Waals surface area contributed by atoms with E-state index in [9.17, 15) is 4.79 Å². The molecule has 0 bridgehead atoms. The second-order valence-corrected chi connectivity index (χ2v) is 6.44. The minimum Gasteiger partial charge on any atom is -0.351 e. The maximum Gasteiger partial charge on any atom is 0.271 e. The molecule has 3 rings (SSSR count). The summed E-state index contributed by atoms with van der Waals surface area (Å²) < 4.78 is 3.89. The Morgan fingerprint density at radius 2 is 2.24 bits per heavy atom. The highest BCUT2D eigenvalue weighted by atomic mass is 35.5. The minimum absolute atomic E-state index is 0. The second-order valence-electron chi connectivity index (χ2n) is 6.44. The quantitative estimate of drug-likeness (QED) is 0.765. The number of nitrogens with one attached hydrogen (secondary N) is 2. The van der Waals surface area contributed by atoms with Crippen LogP contribution in [-0.4, -0.2) is 45.1 Å². The van der Waals surface area contributed by atoms with Gasteiger partial charge >= 0.3 is 0 Å². The van der Waals surface area contributed by atoms with E-state index in [1.165, 1.54) is 0 Å². The summed E-state index contributed by atoms with van der Waals surface area (Å²) in [5.41, 5.74) is 2.67. The van der Waals surface area contributed by atoms with Gasteiger partial charge in [0.25, 0.3) is 5.91 Å². The predicted molar refractivity (Wildman–Crippen MR) is 99.3 cm³/mol. The first-order valence-electron chi connectivity index (χ1n) is 8.68. The SMILES string of the molecule is Cc1cc(C)n(CCCNC(=O)c2ccn(C3CCCNC3)n2)n1.Cl. The maximum absolute atomic E-state index is 12.2. The Morgan fingerprint density at radius 3 is 2.92 bits per heavy atom. The first-order valence-corrected chi connectivity index (χ1v) is 8.68. The van der Waals surface area contributed by atoms with Gasteiger partial charge in [0.05, 0.1) is 11.7 Å². The zero-order valence-electron chi connectivity index (χ0n) is 14.9. The van der Waals surface area contributed by atoms with Crippen LogP contribution >= 0.6 is 12.4 Å². The standard InChI is InChI=1S/C17H26N6O.ClH/c1-13-11-14(2)22(20-13)9-4-8-19-17(24)16-6-10-23(21-16)15-5-3-7-18-12-15;/h6,10-11,15,18H,3-5,7-9,12H2,1-2H3,(H,19,24);1H. The summed E-state index contributed by atoms with van der Waals surface area (Å²) in [6.07, 6.45) is 5.01. The van der Waals surface area contributed by atoms with E-state index in [0.717, 1.165) is 50.3 Å². The predicted octanol–water partition coefficient (Wildman–Crippen LogP) is 1.86. The van der Waals surface area contributed by atoms with Crippen LogP contribution in [0.15, 0.2) is 18.3 Å². The van der Waals surface area contributed by atoms with E-state index in [4.69, 9.17) is 0 Å². The Bertz CT molecular complexity index is 689. The molecule has 7 nitrogen and oxygen atoms in total. The van der Waals surface area contributed by atoms with Crippen LogP contribution in [-0.2, 0) is 6.54 Å². The number of nitrogens with zero attached hydrogens (tertiary/aromatic N) is 4. The number of hydrogen-bond donors (Lipinski definition) is 2. The van der Waals surface area contributed by atoms with Crippen molar-refractivity contribution in [1.82, 2.24) is 30.2 Å². The molecule has 0 aliphatic carbocycles. The van der Waals surface area contributed by atoms with E-state index in [-0.39, 0.29) is 18.3 Å². The third-order valence-electron chi connectivity index (χ3n) is 4.42. The van der Waals surface area contributed by atoms with Gasteiger partial charge in [-0.3, -0.25) is 14.2 Å². The van der Waals surface area contributed by atoms with Crippen molar-refractivity contribution < 1.29 is 4.79 Å². The molecule has 3 heterocycles. The number of halogens is 1. The van der Waals surface area contributed by atoms with Crippen molar-refractivity contribution in [2.75, 3.05) is 19.6 Å². The van der Waals surface area contributed by atoms with E-state index in [1.807, 2.05) is 29.4 Å². The lowest BCUT2D eigenvalue weighted by Gasteiger charge is -2.22. The minimum atomic E-state index is -0.106. The Morgan fingerprint density at radius 1 is 1.40 bits per heavy atom. The van der Waals surface area contributed by atoms with E-state index in [0.29, 0.717) is 18.3 Å². The molecule has 0 radical (unpaired) electrons. The van der Waals surface area contributed by atoms with Gasteiger partial charge in [0.1, 0.15) is 5.69 Å². The fourth-order valence-electron chi connectivity index (χ4n) is 3.14. The van der Waals surface area contributed by atoms with Gasteiger partial charge in [-0.1, -0.05) is 0 Å². The Hall–Kier alpha value is -1.86. The summed E-state index contributed by atoms with van der Waals surface area (Å²) in [4.78, 5) is 12.2. The summed E-state index contributed by atoms with van der Waals surface area (Å²) in [5, 5.41) is 15.2. The summed E-state index contributed by atoms with van der Waals surface area (Å²) in [5.74, 6) is -0.106. The van der Waals surface area contributed by atoms with Crippen LogP contribution in [0, 0.1) is 13.8 Å². The Kier molecular flexibility index (Phi) is 7.01. The van der Waals surface area contributed by atoms with Crippen molar-refractivity contribution in [3.05, 3.63) is 35.4 Å². The summed E-state index contributed by atoms with van der Waals surface area (Å²) in [7, 11) is 0. The molecule has 25 heavy (non-hydrogen) atoms. The van der Waals surface area contributed by atoms with Crippen molar-refractivity contribution >= 4 is 18.3 Å². The van der Waals surface area contributed by atoms with Crippen molar-refractivity contribution in [3.8, 4) is 0 Å². The van der Waals surface area contributed by atoms with Crippen LogP contribution in [0.3, 0.4) is 0 Å². The highest BCUT2D eigenvalue weighted by Crippen LogP contribution is 2.15. The zero-order chi connectivity index (χ0) is 16.9. The zero-order valence-corrected chi connectivity index (χ0v) is 15.7. The number of aryl methyl sites for hydroxylation is 3. The molecule has 2 aromatic rings. The van der Waals surface area contributed by atoms with Gasteiger partial charge in [-0.25, -0.2) is 0 Å². The molecule has 0 spiro atoms. The van der Waals surface area contributed by atoms with Crippen LogP contribution < -0.4 is 10.6 Å². The highest BCUT2D eigenvalue weighted by Gasteiger charge is 2.17. The van der Waals surface area contributed by atoms with Crippen molar-refractivity contribution in [3.63, 3.8) is 0 Å². The first kappa shape index (κ1) is 19.5. The third kappa shape index (κ3) is 5.06. The second kappa shape index (κ2) is 9.01. The molecule has 1 aliphatic heterocycles. The van der Waals surface area contributed by atoms with Gasteiger partial charge < -0.3 is 10.6 Å². The highest BCUT2D eigenvalue weighted by molar-refractivity contribution is 5.92. The maximum atomic E-state index is 12.2. The monoisotopic (exact) mass is 366 g/mol. The fraction of sp³-hybridized carbons (Fsp3) is 0.588. The summed E-state index contributed by atoms with van der Waals surface area (Å²) >= 11 is 0. The van der Waals surface area contributed by atoms with Crippen LogP contribution in [0.2, 0.25) is 0 Å². The van der Waals surface area contributed by atoms with Crippen LogP contribution in [0.4, 0.5) is 0 Å². The lowest BCUT2D eigenvalue weighted by atomic mass is 10.1. The smallest absolute Gasteiger partial charge is 0.271 e. The third-order valence-corrected chi connectivity index (χ3v) is 4.42. The lowest BCUT2D eigenvalue weighted by molar-refractivity contribution is 0.0946. The van der Waals surface area contributed by atoms with Gasteiger partial charge in [-0.15, -0.1) is 12.4 Å². The largest absolute Gasteiger partial charge is 0.351 e. The molecule has 1 saturated heterocycles. The van der Waals surface area contributed by atoms with Gasteiger partial charge in [0.15, 0.2) is 0 Å². The fourth-order valence-corrected chi connectivity index (χ4v) is 3.14. The van der Waals surface area contributed by atoms with E-state index < -0.39 is 0 Å². The molecule has 2 N–H and O–H groups in total. The van der Waals surface area contributed by atoms with Crippen molar-refractivity contribution in [1.29, 1.82) is 0 Å². The van der Waals surface area contributed by atoms with E-state index in [2.05, 4.69) is 26.9 Å². The van der Waals surface area contributed by atoms with E-state index >= 15 is 0 Å². The van der Waals surface area contributed by atoms with Gasteiger partial charge in [-0.2, -0.15) is 10.2 Å². The molecule has 1 aliphatic rings. The normalized spacial score (nSPS) is 17.1. The Labute approximate surface area is 154 Å². The van der Waals surface area contributed by atoms with Crippen LogP contribution in [0.25, 0.3) is 0 Å². The molecule has 8 heteroatoms. The number of carbonyl (C=O) groups excluding carboxylic acids is 1. The number of amides is 1. The molecule has 0 saturated carbocycles. The molecule has 0 aromatic carbocycles. The number of aromatic nitrogens is 4. The lowest BCUT2D eigenvalue weighted by Crippen LogP contribution is -2.32. The molecule has 1 unspecified atom stereocenters. The number of hydrogen-bond acceptors (Lipinski definition) is 4. The molecule has 138 valence electrons. The molecule has 2 aromatic heterocycles. The van der Waals surface area contributed by atoms with Crippen molar-refractivity contribution in [2.24, 2.45) is 0 Å². The number of piperidine rings is 1. The average Bonchev–Trinajstić information content (AvgIpc) is 3.19. The number of carbonyl (C=O) groups is 1. The van der Waals surface area contributed by atoms with Gasteiger partial charge in [-0.05, 0) is 51.8 Å². The molecule has 1 fully saturated rings.